The zero-order valence-corrected chi connectivity index (χ0v) is 18.6. The summed E-state index contributed by atoms with van der Waals surface area (Å²) in [5.74, 6) is 0.348. The summed E-state index contributed by atoms with van der Waals surface area (Å²) in [7, 11) is -3.82. The number of rotatable bonds is 6. The minimum atomic E-state index is -3.82. The Hall–Kier alpha value is -2.66. The molecule has 1 amide bonds. The van der Waals surface area contributed by atoms with E-state index in [2.05, 4.69) is 4.72 Å². The first kappa shape index (κ1) is 21.2. The molecule has 1 atom stereocenters. The van der Waals surface area contributed by atoms with Crippen molar-refractivity contribution in [3.05, 3.63) is 39.0 Å². The van der Waals surface area contributed by atoms with Crippen molar-refractivity contribution in [3.8, 4) is 0 Å². The number of aromatic nitrogens is 2. The van der Waals surface area contributed by atoms with Crippen molar-refractivity contribution >= 4 is 27.0 Å². The van der Waals surface area contributed by atoms with Gasteiger partial charge in [0.25, 0.3) is 5.56 Å². The maximum atomic E-state index is 13.4. The molecule has 3 aliphatic rings. The van der Waals surface area contributed by atoms with E-state index in [4.69, 9.17) is 0 Å². The molecule has 2 saturated carbocycles. The predicted molar refractivity (Wildman–Crippen MR) is 116 cm³/mol. The minimum absolute atomic E-state index is 0.0167. The fourth-order valence-electron chi connectivity index (χ4n) is 4.39. The lowest BCUT2D eigenvalue weighted by atomic mass is 10.2. The van der Waals surface area contributed by atoms with E-state index in [-0.39, 0.29) is 23.4 Å². The first-order valence-electron chi connectivity index (χ1n) is 10.9. The normalized spacial score (nSPS) is 22.4. The van der Waals surface area contributed by atoms with Crippen LogP contribution in [0.3, 0.4) is 0 Å². The van der Waals surface area contributed by atoms with Gasteiger partial charge in [0.2, 0.25) is 10.0 Å². The zero-order chi connectivity index (χ0) is 22.8. The van der Waals surface area contributed by atoms with Gasteiger partial charge in [-0.2, -0.15) is 0 Å². The summed E-state index contributed by atoms with van der Waals surface area (Å²) in [5.41, 5.74) is -1.09. The van der Waals surface area contributed by atoms with E-state index in [1.165, 1.54) is 23.1 Å². The molecule has 10 nitrogen and oxygen atoms in total. The van der Waals surface area contributed by atoms with Crippen LogP contribution in [-0.4, -0.2) is 52.3 Å². The molecule has 2 heterocycles. The molecule has 0 radical (unpaired) electrons. The van der Waals surface area contributed by atoms with Gasteiger partial charge in [0, 0.05) is 25.2 Å². The second-order valence-electron chi connectivity index (χ2n) is 9.53. The van der Waals surface area contributed by atoms with E-state index in [0.29, 0.717) is 24.4 Å². The molecule has 0 bridgehead atoms. The van der Waals surface area contributed by atoms with E-state index in [1.54, 1.807) is 4.57 Å². The summed E-state index contributed by atoms with van der Waals surface area (Å²) in [4.78, 5) is 39.3. The van der Waals surface area contributed by atoms with Gasteiger partial charge in [0.1, 0.15) is 0 Å². The van der Waals surface area contributed by atoms with Crippen molar-refractivity contribution in [3.63, 3.8) is 0 Å². The third-order valence-electron chi connectivity index (χ3n) is 6.77. The molecule has 1 aromatic carbocycles. The van der Waals surface area contributed by atoms with E-state index < -0.39 is 38.9 Å². The second-order valence-corrected chi connectivity index (χ2v) is 11.2. The summed E-state index contributed by atoms with van der Waals surface area (Å²) in [6, 6.07) is 3.73. The van der Waals surface area contributed by atoms with Crippen molar-refractivity contribution in [2.75, 3.05) is 13.1 Å². The summed E-state index contributed by atoms with van der Waals surface area (Å²) in [5, 5.41) is 9.43. The minimum Gasteiger partial charge on any atom is -0.465 e. The average molecular weight is 463 g/mol. The van der Waals surface area contributed by atoms with Gasteiger partial charge in [-0.05, 0) is 63.1 Å². The monoisotopic (exact) mass is 462 g/mol. The summed E-state index contributed by atoms with van der Waals surface area (Å²) in [6.45, 7) is 2.58. The Bertz CT molecular complexity index is 1340. The van der Waals surface area contributed by atoms with Crippen molar-refractivity contribution < 1.29 is 18.3 Å². The molecule has 2 N–H and O–H groups in total. The Morgan fingerprint density at radius 3 is 2.53 bits per heavy atom. The third-order valence-corrected chi connectivity index (χ3v) is 8.41. The zero-order valence-electron chi connectivity index (χ0n) is 17.8. The molecule has 5 rings (SSSR count). The van der Waals surface area contributed by atoms with Crippen molar-refractivity contribution in [2.45, 2.75) is 62.0 Å². The second kappa shape index (κ2) is 7.17. The Labute approximate surface area is 184 Å². The highest BCUT2D eigenvalue weighted by atomic mass is 32.2. The van der Waals surface area contributed by atoms with Crippen LogP contribution in [0, 0.1) is 5.92 Å². The van der Waals surface area contributed by atoms with E-state index in [1.807, 2.05) is 6.92 Å². The van der Waals surface area contributed by atoms with Gasteiger partial charge in [-0.3, -0.25) is 13.9 Å². The fourth-order valence-corrected chi connectivity index (χ4v) is 5.89. The number of nitrogens with zero attached hydrogens (tertiary/aromatic N) is 3. The van der Waals surface area contributed by atoms with Crippen LogP contribution in [0.25, 0.3) is 10.9 Å². The van der Waals surface area contributed by atoms with E-state index in [0.717, 1.165) is 30.3 Å². The number of benzene rings is 1. The molecule has 2 aromatic rings. The number of sulfonamides is 1. The molecule has 1 aromatic heterocycles. The maximum Gasteiger partial charge on any atom is 0.407 e. The SMILES string of the molecule is CC1(NS(=O)(=O)c2ccc3c(c2)c(=O)n([C@@H]2CCN(C(=O)O)C2)c(=O)n3CC2CC2)CC1. The van der Waals surface area contributed by atoms with Crippen LogP contribution >= 0.6 is 0 Å². The topological polar surface area (TPSA) is 131 Å². The van der Waals surface area contributed by atoms with Gasteiger partial charge < -0.3 is 10.0 Å². The number of fused-ring (bicyclic) bond motifs is 1. The Morgan fingerprint density at radius 1 is 1.22 bits per heavy atom. The van der Waals surface area contributed by atoms with Crippen molar-refractivity contribution in [2.24, 2.45) is 5.92 Å². The molecule has 1 aliphatic heterocycles. The molecule has 172 valence electrons. The lowest BCUT2D eigenvalue weighted by molar-refractivity contribution is 0.154. The highest BCUT2D eigenvalue weighted by molar-refractivity contribution is 7.89. The lowest BCUT2D eigenvalue weighted by Gasteiger charge is -2.19. The summed E-state index contributed by atoms with van der Waals surface area (Å²) < 4.78 is 31.1. The van der Waals surface area contributed by atoms with E-state index >= 15 is 0 Å². The van der Waals surface area contributed by atoms with Gasteiger partial charge in [-0.15, -0.1) is 0 Å². The molecule has 3 fully saturated rings. The molecule has 0 spiro atoms. The number of carbonyl (C=O) groups is 1. The number of carboxylic acid groups (broad SMARTS) is 1. The number of nitrogens with one attached hydrogen (secondary N) is 1. The molecular formula is C21H26N4O6S. The van der Waals surface area contributed by atoms with Crippen molar-refractivity contribution in [1.82, 2.24) is 18.8 Å². The van der Waals surface area contributed by atoms with Crippen LogP contribution in [0.5, 0.6) is 0 Å². The van der Waals surface area contributed by atoms with Gasteiger partial charge >= 0.3 is 11.8 Å². The predicted octanol–water partition coefficient (Wildman–Crippen LogP) is 1.33. The average Bonchev–Trinajstić information content (AvgIpc) is 3.63. The Morgan fingerprint density at radius 2 is 1.94 bits per heavy atom. The first-order valence-corrected chi connectivity index (χ1v) is 12.4. The standard InChI is InChI=1S/C21H26N4O6S/c1-21(7-8-21)22-32(30,31)15-4-5-17-16(10-15)18(26)25(14-6-9-23(12-14)20(28)29)19(27)24(17)11-13-2-3-13/h4-5,10,13-14,22H,2-3,6-9,11-12H2,1H3,(H,28,29)/t14-/m1/s1. The van der Waals surface area contributed by atoms with Gasteiger partial charge in [0.05, 0.1) is 21.8 Å². The molecule has 0 unspecified atom stereocenters. The number of hydrogen-bond acceptors (Lipinski definition) is 5. The smallest absolute Gasteiger partial charge is 0.407 e. The van der Waals surface area contributed by atoms with Crippen LogP contribution in [0.2, 0.25) is 0 Å². The third kappa shape index (κ3) is 3.73. The van der Waals surface area contributed by atoms with Crippen LogP contribution in [0.15, 0.2) is 32.7 Å². The highest BCUT2D eigenvalue weighted by Crippen LogP contribution is 2.36. The summed E-state index contributed by atoms with van der Waals surface area (Å²) >= 11 is 0. The highest BCUT2D eigenvalue weighted by Gasteiger charge is 2.41. The van der Waals surface area contributed by atoms with Gasteiger partial charge in [-0.25, -0.2) is 22.7 Å². The molecular weight excluding hydrogens is 436 g/mol. The number of amides is 1. The van der Waals surface area contributed by atoms with E-state index in [9.17, 15) is 27.9 Å². The molecule has 1 saturated heterocycles. The number of likely N-dealkylation sites (tertiary alicyclic amines) is 1. The van der Waals surface area contributed by atoms with Gasteiger partial charge in [-0.1, -0.05) is 0 Å². The summed E-state index contributed by atoms with van der Waals surface area (Å²) in [6.07, 6.45) is 2.78. The van der Waals surface area contributed by atoms with Crippen LogP contribution in [0.4, 0.5) is 4.79 Å². The first-order chi connectivity index (χ1) is 15.1. The van der Waals surface area contributed by atoms with Crippen LogP contribution in [0.1, 0.15) is 45.1 Å². The molecule has 11 heteroatoms. The quantitative estimate of drug-likeness (QED) is 0.666. The lowest BCUT2D eigenvalue weighted by Crippen LogP contribution is -2.43. The van der Waals surface area contributed by atoms with Crippen LogP contribution < -0.4 is 16.0 Å². The van der Waals surface area contributed by atoms with Crippen LogP contribution in [-0.2, 0) is 16.6 Å². The maximum absolute atomic E-state index is 13.4. The molecule has 2 aliphatic carbocycles. The van der Waals surface area contributed by atoms with Gasteiger partial charge in [0.15, 0.2) is 0 Å². The largest absolute Gasteiger partial charge is 0.465 e. The van der Waals surface area contributed by atoms with Crippen molar-refractivity contribution in [1.29, 1.82) is 0 Å². The number of hydrogen-bond donors (Lipinski definition) is 2. The molecule has 32 heavy (non-hydrogen) atoms. The Kier molecular flexibility index (Phi) is 4.75. The Balaban J connectivity index is 1.65. The fraction of sp³-hybridized carbons (Fsp3) is 0.571.